The van der Waals surface area contributed by atoms with Gasteiger partial charge in [0.25, 0.3) is 0 Å². The fourth-order valence-electron chi connectivity index (χ4n) is 1.20. The smallest absolute Gasteiger partial charge is 0.269 e. The van der Waals surface area contributed by atoms with Crippen LogP contribution in [0.25, 0.3) is 0 Å². The quantitative estimate of drug-likeness (QED) is 0.461. The largest absolute Gasteiger partial charge is 0.331 e. The molecule has 2 rings (SSSR count). The maximum Gasteiger partial charge on any atom is 0.331 e. The van der Waals surface area contributed by atoms with Gasteiger partial charge < -0.3 is 0 Å². The van der Waals surface area contributed by atoms with Crippen LogP contribution in [0.3, 0.4) is 0 Å². The Morgan fingerprint density at radius 3 is 2.67 bits per heavy atom. The fourth-order valence-corrected chi connectivity index (χ4v) is 1.20. The number of urea groups is 1. The summed E-state index contributed by atoms with van der Waals surface area (Å²) in [6.45, 7) is 0.103. The molecule has 8 nitrogen and oxygen atoms in total. The molecule has 0 aromatic carbocycles. The minimum Gasteiger partial charge on any atom is -0.269 e. The van der Waals surface area contributed by atoms with Crippen LogP contribution in [0.5, 0.6) is 0 Å². The van der Waals surface area contributed by atoms with Crippen LogP contribution in [0.15, 0.2) is 6.33 Å². The summed E-state index contributed by atoms with van der Waals surface area (Å²) in [5, 5.41) is 8.10. The summed E-state index contributed by atoms with van der Waals surface area (Å²) in [6.07, 6.45) is 1.67. The predicted molar refractivity (Wildman–Crippen MR) is 45.3 cm³/mol. The molecule has 1 aliphatic rings. The van der Waals surface area contributed by atoms with Gasteiger partial charge in [0.2, 0.25) is 0 Å². The Morgan fingerprint density at radius 1 is 1.33 bits per heavy atom. The van der Waals surface area contributed by atoms with Gasteiger partial charge in [-0.2, -0.15) is 5.10 Å². The molecular weight excluding hydrogens is 202 g/mol. The summed E-state index contributed by atoms with van der Waals surface area (Å²) < 4.78 is 0. The molecule has 0 spiro atoms. The van der Waals surface area contributed by atoms with Crippen molar-refractivity contribution in [1.82, 2.24) is 25.4 Å². The molecule has 78 valence electrons. The molecule has 0 bridgehead atoms. The van der Waals surface area contributed by atoms with Gasteiger partial charge in [-0.25, -0.2) is 9.78 Å². The number of carbonyl (C=O) groups excluding carboxylic acids is 3. The van der Waals surface area contributed by atoms with E-state index in [9.17, 15) is 14.4 Å². The highest BCUT2D eigenvalue weighted by atomic mass is 16.2. The Morgan fingerprint density at radius 2 is 2.13 bits per heavy atom. The molecule has 1 saturated heterocycles. The minimum atomic E-state index is -0.891. The second-order valence-electron chi connectivity index (χ2n) is 2.90. The van der Waals surface area contributed by atoms with E-state index in [-0.39, 0.29) is 6.54 Å². The third-order valence-corrected chi connectivity index (χ3v) is 1.94. The number of carbonyl (C=O) groups is 3. The van der Waals surface area contributed by atoms with Gasteiger partial charge in [-0.1, -0.05) is 0 Å². The van der Waals surface area contributed by atoms with E-state index in [1.165, 1.54) is 6.33 Å². The lowest BCUT2D eigenvalue weighted by Crippen LogP contribution is -2.33. The Hall–Kier alpha value is -2.25. The first kappa shape index (κ1) is 9.31. The number of hydrogen-bond donors (Lipinski definition) is 2. The summed E-state index contributed by atoms with van der Waals surface area (Å²) in [6, 6.07) is -0.690. The maximum absolute atomic E-state index is 11.1. The molecule has 1 aromatic heterocycles. The Kier molecular flexibility index (Phi) is 2.16. The van der Waals surface area contributed by atoms with Gasteiger partial charge in [-0.05, 0) is 0 Å². The zero-order chi connectivity index (χ0) is 10.8. The standard InChI is InChI=1S/C7H7N5O3/c13-5-6(14)12(7(15)10-5)2-1-4-8-3-9-11-4/h3H,1-2H2,(H,8,9,11)(H,10,13,15). The summed E-state index contributed by atoms with van der Waals surface area (Å²) in [5.41, 5.74) is 0. The number of nitrogens with one attached hydrogen (secondary N) is 2. The number of H-pyrrole nitrogens is 1. The van der Waals surface area contributed by atoms with Crippen LogP contribution in [0.1, 0.15) is 5.82 Å². The van der Waals surface area contributed by atoms with E-state index >= 15 is 0 Å². The average Bonchev–Trinajstić information content (AvgIpc) is 2.76. The number of aromatic amines is 1. The Bertz CT molecular complexity index is 412. The van der Waals surface area contributed by atoms with E-state index in [2.05, 4.69) is 15.2 Å². The molecule has 2 heterocycles. The predicted octanol–water partition coefficient (Wildman–Crippen LogP) is -1.57. The van der Waals surface area contributed by atoms with Crippen LogP contribution in [0, 0.1) is 0 Å². The van der Waals surface area contributed by atoms with Crippen molar-refractivity contribution in [3.63, 3.8) is 0 Å². The molecule has 1 aliphatic heterocycles. The summed E-state index contributed by atoms with van der Waals surface area (Å²) in [7, 11) is 0. The lowest BCUT2D eigenvalue weighted by atomic mass is 10.4. The lowest BCUT2D eigenvalue weighted by molar-refractivity contribution is -0.140. The first-order valence-corrected chi connectivity index (χ1v) is 4.19. The highest BCUT2D eigenvalue weighted by molar-refractivity contribution is 6.44. The van der Waals surface area contributed by atoms with E-state index in [1.807, 2.05) is 5.32 Å². The number of rotatable bonds is 3. The molecule has 15 heavy (non-hydrogen) atoms. The number of hydrogen-bond acceptors (Lipinski definition) is 5. The van der Waals surface area contributed by atoms with Crippen molar-refractivity contribution >= 4 is 17.8 Å². The van der Waals surface area contributed by atoms with Crippen LogP contribution in [0.4, 0.5) is 4.79 Å². The first-order chi connectivity index (χ1) is 7.18. The molecule has 2 N–H and O–H groups in total. The Balaban J connectivity index is 1.98. The zero-order valence-corrected chi connectivity index (χ0v) is 7.56. The number of imide groups is 2. The van der Waals surface area contributed by atoms with E-state index < -0.39 is 17.8 Å². The van der Waals surface area contributed by atoms with E-state index in [0.29, 0.717) is 12.2 Å². The third-order valence-electron chi connectivity index (χ3n) is 1.94. The molecule has 1 fully saturated rings. The second-order valence-corrected chi connectivity index (χ2v) is 2.90. The number of amides is 4. The highest BCUT2D eigenvalue weighted by Gasteiger charge is 2.36. The highest BCUT2D eigenvalue weighted by Crippen LogP contribution is 2.01. The van der Waals surface area contributed by atoms with Crippen LogP contribution in [0.2, 0.25) is 0 Å². The normalized spacial score (nSPS) is 16.0. The van der Waals surface area contributed by atoms with Crippen molar-refractivity contribution in [3.8, 4) is 0 Å². The van der Waals surface area contributed by atoms with Crippen molar-refractivity contribution in [2.75, 3.05) is 6.54 Å². The molecule has 0 aliphatic carbocycles. The van der Waals surface area contributed by atoms with Crippen LogP contribution < -0.4 is 5.32 Å². The Labute approximate surface area is 83.7 Å². The van der Waals surface area contributed by atoms with E-state index in [4.69, 9.17) is 0 Å². The lowest BCUT2D eigenvalue weighted by Gasteiger charge is -2.08. The van der Waals surface area contributed by atoms with Crippen molar-refractivity contribution in [1.29, 1.82) is 0 Å². The van der Waals surface area contributed by atoms with Crippen LogP contribution >= 0.6 is 0 Å². The topological polar surface area (TPSA) is 108 Å². The number of aromatic nitrogens is 3. The second kappa shape index (κ2) is 3.48. The zero-order valence-electron chi connectivity index (χ0n) is 7.56. The van der Waals surface area contributed by atoms with Gasteiger partial charge >= 0.3 is 17.8 Å². The van der Waals surface area contributed by atoms with Gasteiger partial charge in [0, 0.05) is 13.0 Å². The van der Waals surface area contributed by atoms with Crippen molar-refractivity contribution in [2.45, 2.75) is 6.42 Å². The summed E-state index contributed by atoms with van der Waals surface area (Å²) >= 11 is 0. The summed E-state index contributed by atoms with van der Waals surface area (Å²) in [4.78, 5) is 37.7. The molecule has 8 heteroatoms. The SMILES string of the molecule is O=C1NC(=O)N(CCc2ncn[nH]2)C1=O. The molecule has 0 saturated carbocycles. The van der Waals surface area contributed by atoms with E-state index in [0.717, 1.165) is 4.90 Å². The molecule has 4 amide bonds. The van der Waals surface area contributed by atoms with Crippen LogP contribution in [-0.2, 0) is 16.0 Å². The fraction of sp³-hybridized carbons (Fsp3) is 0.286. The average molecular weight is 209 g/mol. The van der Waals surface area contributed by atoms with Gasteiger partial charge in [0.05, 0.1) is 0 Å². The first-order valence-electron chi connectivity index (χ1n) is 4.19. The van der Waals surface area contributed by atoms with Crippen molar-refractivity contribution < 1.29 is 14.4 Å². The monoisotopic (exact) mass is 209 g/mol. The molecule has 0 atom stereocenters. The van der Waals surface area contributed by atoms with Gasteiger partial charge in [-0.15, -0.1) is 0 Å². The molecular formula is C7H7N5O3. The van der Waals surface area contributed by atoms with Crippen molar-refractivity contribution in [2.24, 2.45) is 0 Å². The summed E-state index contributed by atoms with van der Waals surface area (Å²) in [5.74, 6) is -1.17. The van der Waals surface area contributed by atoms with Gasteiger partial charge in [-0.3, -0.25) is 24.9 Å². The maximum atomic E-state index is 11.1. The third kappa shape index (κ3) is 1.68. The number of nitrogens with zero attached hydrogens (tertiary/aromatic N) is 3. The molecule has 1 aromatic rings. The molecule has 0 unspecified atom stereocenters. The molecule has 0 radical (unpaired) electrons. The van der Waals surface area contributed by atoms with E-state index in [1.54, 1.807) is 0 Å². The van der Waals surface area contributed by atoms with Gasteiger partial charge in [0.15, 0.2) is 0 Å². The van der Waals surface area contributed by atoms with Crippen molar-refractivity contribution in [3.05, 3.63) is 12.2 Å². The van der Waals surface area contributed by atoms with Crippen LogP contribution in [-0.4, -0.2) is 44.5 Å². The minimum absolute atomic E-state index is 0.103. The van der Waals surface area contributed by atoms with Gasteiger partial charge in [0.1, 0.15) is 12.2 Å².